The highest BCUT2D eigenvalue weighted by Crippen LogP contribution is 2.29. The van der Waals surface area contributed by atoms with Gasteiger partial charge in [0.15, 0.2) is 0 Å². The number of halogens is 1. The fourth-order valence-corrected chi connectivity index (χ4v) is 2.32. The number of hydrogen-bond acceptors (Lipinski definition) is 1. The van der Waals surface area contributed by atoms with Crippen LogP contribution in [-0.4, -0.2) is 11.7 Å². The molecule has 0 radical (unpaired) electrons. The molecule has 1 unspecified atom stereocenters. The molecule has 0 spiro atoms. The molecule has 1 atom stereocenters. The zero-order valence-corrected chi connectivity index (χ0v) is 10.2. The number of aliphatic hydroxyl groups is 1. The molecule has 0 aromatic heterocycles. The highest BCUT2D eigenvalue weighted by molar-refractivity contribution is 9.10. The van der Waals surface area contributed by atoms with Crippen molar-refractivity contribution in [3.63, 3.8) is 0 Å². The summed E-state index contributed by atoms with van der Waals surface area (Å²) in [4.78, 5) is 0. The van der Waals surface area contributed by atoms with Crippen molar-refractivity contribution in [1.82, 2.24) is 0 Å². The molecule has 0 heterocycles. The van der Waals surface area contributed by atoms with Crippen molar-refractivity contribution < 1.29 is 5.11 Å². The van der Waals surface area contributed by atoms with Gasteiger partial charge in [-0.15, -0.1) is 0 Å². The average molecular weight is 265 g/mol. The van der Waals surface area contributed by atoms with Crippen molar-refractivity contribution in [3.8, 4) is 0 Å². The van der Waals surface area contributed by atoms with Crippen molar-refractivity contribution in [3.05, 3.63) is 46.4 Å². The number of aliphatic hydroxyl groups excluding tert-OH is 1. The fraction of sp³-hybridized carbons (Fsp3) is 0.231. The van der Waals surface area contributed by atoms with Crippen LogP contribution in [0.4, 0.5) is 0 Å². The molecule has 0 amide bonds. The first-order valence-corrected chi connectivity index (χ1v) is 5.81. The molecule has 2 heteroatoms. The van der Waals surface area contributed by atoms with Crippen LogP contribution in [0.1, 0.15) is 18.4 Å². The first-order chi connectivity index (χ1) is 7.24. The molecular weight excluding hydrogens is 252 g/mol. The van der Waals surface area contributed by atoms with Crippen LogP contribution < -0.4 is 0 Å². The average Bonchev–Trinajstić information content (AvgIpc) is 2.28. The standard InChI is InChI=1S/C13H13BrO/c1-9(8-15)10-4-2-6-12-11(10)5-3-7-13(12)14/h2-7,9,15H,8H2,1H3. The van der Waals surface area contributed by atoms with Crippen LogP contribution in [-0.2, 0) is 0 Å². The molecule has 0 fully saturated rings. The van der Waals surface area contributed by atoms with Crippen molar-refractivity contribution in [2.75, 3.05) is 6.61 Å². The summed E-state index contributed by atoms with van der Waals surface area (Å²) < 4.78 is 1.10. The van der Waals surface area contributed by atoms with E-state index in [0.717, 1.165) is 4.47 Å². The molecule has 78 valence electrons. The van der Waals surface area contributed by atoms with Crippen LogP contribution >= 0.6 is 15.9 Å². The van der Waals surface area contributed by atoms with E-state index in [1.165, 1.54) is 16.3 Å². The van der Waals surface area contributed by atoms with E-state index in [4.69, 9.17) is 0 Å². The third-order valence-electron chi connectivity index (χ3n) is 2.71. The van der Waals surface area contributed by atoms with E-state index in [-0.39, 0.29) is 12.5 Å². The van der Waals surface area contributed by atoms with Gasteiger partial charge in [0.25, 0.3) is 0 Å². The minimum Gasteiger partial charge on any atom is -0.396 e. The van der Waals surface area contributed by atoms with E-state index < -0.39 is 0 Å². The van der Waals surface area contributed by atoms with E-state index in [0.29, 0.717) is 0 Å². The molecule has 1 N–H and O–H groups in total. The van der Waals surface area contributed by atoms with Crippen LogP contribution in [0.25, 0.3) is 10.8 Å². The number of rotatable bonds is 2. The Balaban J connectivity index is 2.71. The minimum absolute atomic E-state index is 0.183. The highest BCUT2D eigenvalue weighted by atomic mass is 79.9. The van der Waals surface area contributed by atoms with E-state index >= 15 is 0 Å². The fourth-order valence-electron chi connectivity index (χ4n) is 1.82. The Kier molecular flexibility index (Phi) is 3.08. The molecule has 15 heavy (non-hydrogen) atoms. The summed E-state index contributed by atoms with van der Waals surface area (Å²) in [6.07, 6.45) is 0. The van der Waals surface area contributed by atoms with Gasteiger partial charge in [0.05, 0.1) is 0 Å². The second-order valence-electron chi connectivity index (χ2n) is 3.77. The topological polar surface area (TPSA) is 20.2 Å². The molecular formula is C13H13BrO. The Hall–Kier alpha value is -0.860. The van der Waals surface area contributed by atoms with Crippen LogP contribution in [0.2, 0.25) is 0 Å². The van der Waals surface area contributed by atoms with Gasteiger partial charge in [-0.1, -0.05) is 53.2 Å². The van der Waals surface area contributed by atoms with Gasteiger partial charge in [-0.25, -0.2) is 0 Å². The Bertz CT molecular complexity index is 479. The molecule has 0 saturated carbocycles. The zero-order chi connectivity index (χ0) is 10.8. The van der Waals surface area contributed by atoms with E-state index in [2.05, 4.69) is 34.1 Å². The number of fused-ring (bicyclic) bond motifs is 1. The van der Waals surface area contributed by atoms with Gasteiger partial charge in [0.1, 0.15) is 0 Å². The Morgan fingerprint density at radius 2 is 1.80 bits per heavy atom. The van der Waals surface area contributed by atoms with Gasteiger partial charge in [-0.2, -0.15) is 0 Å². The quantitative estimate of drug-likeness (QED) is 0.877. The summed E-state index contributed by atoms with van der Waals surface area (Å²) in [6, 6.07) is 12.4. The minimum atomic E-state index is 0.183. The van der Waals surface area contributed by atoms with Crippen LogP contribution in [0.5, 0.6) is 0 Å². The van der Waals surface area contributed by atoms with Gasteiger partial charge in [-0.05, 0) is 22.4 Å². The largest absolute Gasteiger partial charge is 0.396 e. The molecule has 2 aromatic carbocycles. The van der Waals surface area contributed by atoms with E-state index in [1.807, 2.05) is 25.1 Å². The summed E-state index contributed by atoms with van der Waals surface area (Å²) in [7, 11) is 0. The summed E-state index contributed by atoms with van der Waals surface area (Å²) in [5, 5.41) is 11.6. The lowest BCUT2D eigenvalue weighted by atomic mass is 9.95. The molecule has 2 aromatic rings. The molecule has 0 bridgehead atoms. The zero-order valence-electron chi connectivity index (χ0n) is 8.57. The van der Waals surface area contributed by atoms with Gasteiger partial charge < -0.3 is 5.11 Å². The van der Waals surface area contributed by atoms with Crippen LogP contribution in [0.15, 0.2) is 40.9 Å². The molecule has 0 aliphatic carbocycles. The number of hydrogen-bond donors (Lipinski definition) is 1. The maximum absolute atomic E-state index is 9.21. The third-order valence-corrected chi connectivity index (χ3v) is 3.40. The SMILES string of the molecule is CC(CO)c1cccc2c(Br)cccc12. The molecule has 0 aliphatic rings. The molecule has 2 rings (SSSR count). The maximum Gasteiger partial charge on any atom is 0.0497 e. The lowest BCUT2D eigenvalue weighted by Gasteiger charge is -2.12. The first-order valence-electron chi connectivity index (χ1n) is 5.02. The summed E-state index contributed by atoms with van der Waals surface area (Å²) in [6.45, 7) is 2.22. The van der Waals surface area contributed by atoms with Crippen molar-refractivity contribution >= 4 is 26.7 Å². The molecule has 1 nitrogen and oxygen atoms in total. The van der Waals surface area contributed by atoms with Crippen molar-refractivity contribution in [2.24, 2.45) is 0 Å². The smallest absolute Gasteiger partial charge is 0.0497 e. The third kappa shape index (κ3) is 1.92. The lowest BCUT2D eigenvalue weighted by molar-refractivity contribution is 0.273. The molecule has 0 saturated heterocycles. The summed E-state index contributed by atoms with van der Waals surface area (Å²) >= 11 is 3.54. The van der Waals surface area contributed by atoms with Gasteiger partial charge >= 0.3 is 0 Å². The second kappa shape index (κ2) is 4.33. The van der Waals surface area contributed by atoms with E-state index in [9.17, 15) is 5.11 Å². The van der Waals surface area contributed by atoms with Gasteiger partial charge in [0, 0.05) is 17.0 Å². The maximum atomic E-state index is 9.21. The van der Waals surface area contributed by atoms with Crippen LogP contribution in [0, 0.1) is 0 Å². The van der Waals surface area contributed by atoms with Crippen molar-refractivity contribution in [1.29, 1.82) is 0 Å². The molecule has 0 aliphatic heterocycles. The second-order valence-corrected chi connectivity index (χ2v) is 4.62. The van der Waals surface area contributed by atoms with E-state index in [1.54, 1.807) is 0 Å². The van der Waals surface area contributed by atoms with Crippen molar-refractivity contribution in [2.45, 2.75) is 12.8 Å². The van der Waals surface area contributed by atoms with Crippen LogP contribution in [0.3, 0.4) is 0 Å². The van der Waals surface area contributed by atoms with Gasteiger partial charge in [0.2, 0.25) is 0 Å². The van der Waals surface area contributed by atoms with Gasteiger partial charge in [-0.3, -0.25) is 0 Å². The number of benzene rings is 2. The summed E-state index contributed by atoms with van der Waals surface area (Å²) in [5.41, 5.74) is 1.20. The predicted molar refractivity (Wildman–Crippen MR) is 67.1 cm³/mol. The Morgan fingerprint density at radius 1 is 1.13 bits per heavy atom. The lowest BCUT2D eigenvalue weighted by Crippen LogP contribution is -1.99. The Morgan fingerprint density at radius 3 is 2.53 bits per heavy atom. The highest BCUT2D eigenvalue weighted by Gasteiger charge is 2.08. The first kappa shape index (κ1) is 10.7. The Labute approximate surface area is 97.9 Å². The monoisotopic (exact) mass is 264 g/mol. The summed E-state index contributed by atoms with van der Waals surface area (Å²) in [5.74, 6) is 0.183. The normalized spacial score (nSPS) is 13.0. The predicted octanol–water partition coefficient (Wildman–Crippen LogP) is 3.70.